The van der Waals surface area contributed by atoms with Crippen LogP contribution in [0.5, 0.6) is 0 Å². The number of rotatable bonds is 9. The third-order valence-electron chi connectivity index (χ3n) is 6.14. The van der Waals surface area contributed by atoms with E-state index in [2.05, 4.69) is 6.58 Å². The van der Waals surface area contributed by atoms with Crippen LogP contribution < -0.4 is 0 Å². The summed E-state index contributed by atoms with van der Waals surface area (Å²) in [6.45, 7) is 7.36. The first kappa shape index (κ1) is 26.8. The highest BCUT2D eigenvalue weighted by molar-refractivity contribution is 6.21. The molecule has 2 unspecified atom stereocenters. The predicted octanol–water partition coefficient (Wildman–Crippen LogP) is 1.95. The van der Waals surface area contributed by atoms with Crippen LogP contribution in [0.1, 0.15) is 25.8 Å². The standard InChI is InChI=1S/C25H31NO8/c1-7-24(17-13-11-10-12-14-17)15-16-26(4)25(24,23(30)34-9-3)19(22(29)32-6)18(20(27)31-5)21(28)33-8-2/h7,10-14H,1,8-9,15-16H2,2-6H3/b19-18-. The van der Waals surface area contributed by atoms with Crippen LogP contribution in [0.15, 0.2) is 54.1 Å². The number of likely N-dealkylation sites (tertiary alicyclic amines) is 1. The number of benzene rings is 1. The minimum atomic E-state index is -1.99. The van der Waals surface area contributed by atoms with Gasteiger partial charge in [0.2, 0.25) is 0 Å². The van der Waals surface area contributed by atoms with Crippen molar-refractivity contribution in [2.75, 3.05) is 41.0 Å². The summed E-state index contributed by atoms with van der Waals surface area (Å²) >= 11 is 0. The Balaban J connectivity index is 3.18. The van der Waals surface area contributed by atoms with Crippen molar-refractivity contribution >= 4 is 23.9 Å². The van der Waals surface area contributed by atoms with Gasteiger partial charge in [-0.1, -0.05) is 36.4 Å². The van der Waals surface area contributed by atoms with Gasteiger partial charge in [-0.25, -0.2) is 19.2 Å². The molecule has 1 aromatic rings. The monoisotopic (exact) mass is 473 g/mol. The molecule has 9 nitrogen and oxygen atoms in total. The molecule has 1 aromatic carbocycles. The van der Waals surface area contributed by atoms with Gasteiger partial charge in [-0.2, -0.15) is 0 Å². The van der Waals surface area contributed by atoms with Crippen molar-refractivity contribution < 1.29 is 38.1 Å². The van der Waals surface area contributed by atoms with Crippen molar-refractivity contribution in [2.24, 2.45) is 0 Å². The summed E-state index contributed by atoms with van der Waals surface area (Å²) in [6.07, 6.45) is 1.87. The summed E-state index contributed by atoms with van der Waals surface area (Å²) in [5.41, 5.74) is -3.89. The van der Waals surface area contributed by atoms with E-state index in [-0.39, 0.29) is 13.2 Å². The third kappa shape index (κ3) is 4.11. The lowest BCUT2D eigenvalue weighted by Crippen LogP contribution is -2.64. The maximum atomic E-state index is 13.9. The maximum absolute atomic E-state index is 13.9. The minimum absolute atomic E-state index is 0.0160. The summed E-state index contributed by atoms with van der Waals surface area (Å²) < 4.78 is 20.4. The highest BCUT2D eigenvalue weighted by Gasteiger charge is 2.68. The van der Waals surface area contributed by atoms with Gasteiger partial charge in [0, 0.05) is 12.0 Å². The summed E-state index contributed by atoms with van der Waals surface area (Å²) in [4.78, 5) is 54.9. The normalized spacial score (nSPS) is 22.9. The van der Waals surface area contributed by atoms with E-state index in [9.17, 15) is 19.2 Å². The zero-order valence-electron chi connectivity index (χ0n) is 20.2. The Bertz CT molecular complexity index is 986. The number of hydrogen-bond acceptors (Lipinski definition) is 9. The lowest BCUT2D eigenvalue weighted by Gasteiger charge is -2.46. The van der Waals surface area contributed by atoms with Crippen LogP contribution in [-0.2, 0) is 43.5 Å². The lowest BCUT2D eigenvalue weighted by molar-refractivity contribution is -0.159. The second-order valence-corrected chi connectivity index (χ2v) is 7.60. The van der Waals surface area contributed by atoms with Gasteiger partial charge in [0.25, 0.3) is 0 Å². The van der Waals surface area contributed by atoms with E-state index < -0.39 is 46.0 Å². The first-order chi connectivity index (χ1) is 16.2. The molecule has 184 valence electrons. The number of esters is 4. The average Bonchev–Trinajstić information content (AvgIpc) is 3.15. The highest BCUT2D eigenvalue weighted by atomic mass is 16.6. The molecular weight excluding hydrogens is 442 g/mol. The van der Waals surface area contributed by atoms with Gasteiger partial charge < -0.3 is 18.9 Å². The number of carbonyl (C=O) groups excluding carboxylic acids is 4. The van der Waals surface area contributed by atoms with E-state index in [1.54, 1.807) is 62.2 Å². The van der Waals surface area contributed by atoms with Gasteiger partial charge in [-0.3, -0.25) is 4.90 Å². The van der Waals surface area contributed by atoms with E-state index >= 15 is 0 Å². The zero-order chi connectivity index (χ0) is 25.5. The molecule has 0 spiro atoms. The molecule has 0 radical (unpaired) electrons. The third-order valence-corrected chi connectivity index (χ3v) is 6.14. The van der Waals surface area contributed by atoms with Gasteiger partial charge in [-0.15, -0.1) is 6.58 Å². The van der Waals surface area contributed by atoms with E-state index in [4.69, 9.17) is 18.9 Å². The van der Waals surface area contributed by atoms with Crippen LogP contribution in [0.4, 0.5) is 0 Å². The summed E-state index contributed by atoms with van der Waals surface area (Å²) in [7, 11) is 3.76. The van der Waals surface area contributed by atoms with Crippen LogP contribution in [0.2, 0.25) is 0 Å². The first-order valence-electron chi connectivity index (χ1n) is 10.9. The molecule has 0 bridgehead atoms. The molecule has 1 aliphatic heterocycles. The van der Waals surface area contributed by atoms with Gasteiger partial charge in [-0.05, 0) is 32.9 Å². The first-order valence-corrected chi connectivity index (χ1v) is 10.9. The quantitative estimate of drug-likeness (QED) is 0.133. The van der Waals surface area contributed by atoms with Crippen molar-refractivity contribution in [1.29, 1.82) is 0 Å². The fourth-order valence-electron chi connectivity index (χ4n) is 4.70. The van der Waals surface area contributed by atoms with Crippen molar-refractivity contribution in [1.82, 2.24) is 4.90 Å². The molecule has 1 saturated heterocycles. The summed E-state index contributed by atoms with van der Waals surface area (Å²) in [5.74, 6) is -4.18. The largest absolute Gasteiger partial charge is 0.466 e. The Morgan fingerprint density at radius 2 is 1.56 bits per heavy atom. The van der Waals surface area contributed by atoms with E-state index in [0.29, 0.717) is 18.5 Å². The van der Waals surface area contributed by atoms with Gasteiger partial charge in [0.15, 0.2) is 11.1 Å². The molecule has 1 fully saturated rings. The smallest absolute Gasteiger partial charge is 0.346 e. The van der Waals surface area contributed by atoms with Crippen molar-refractivity contribution in [3.8, 4) is 0 Å². The molecular formula is C25H31NO8. The van der Waals surface area contributed by atoms with E-state index in [1.807, 2.05) is 0 Å². The van der Waals surface area contributed by atoms with Crippen LogP contribution in [-0.4, -0.2) is 75.3 Å². The van der Waals surface area contributed by atoms with Gasteiger partial charge in [0.1, 0.15) is 0 Å². The Morgan fingerprint density at radius 3 is 2.06 bits per heavy atom. The fraction of sp³-hybridized carbons (Fsp3) is 0.440. The Morgan fingerprint density at radius 1 is 0.971 bits per heavy atom. The predicted molar refractivity (Wildman–Crippen MR) is 123 cm³/mol. The summed E-state index contributed by atoms with van der Waals surface area (Å²) in [5, 5.41) is 0. The van der Waals surface area contributed by atoms with Gasteiger partial charge in [0.05, 0.1) is 33.0 Å². The molecule has 1 aliphatic rings. The number of hydrogen-bond donors (Lipinski definition) is 0. The molecule has 0 N–H and O–H groups in total. The van der Waals surface area contributed by atoms with Crippen molar-refractivity contribution in [2.45, 2.75) is 31.2 Å². The zero-order valence-corrected chi connectivity index (χ0v) is 20.2. The molecule has 0 amide bonds. The molecule has 1 heterocycles. The maximum Gasteiger partial charge on any atom is 0.346 e. The van der Waals surface area contributed by atoms with Crippen LogP contribution in [0.25, 0.3) is 0 Å². The van der Waals surface area contributed by atoms with Crippen LogP contribution >= 0.6 is 0 Å². The van der Waals surface area contributed by atoms with Gasteiger partial charge >= 0.3 is 23.9 Å². The second-order valence-electron chi connectivity index (χ2n) is 7.60. The summed E-state index contributed by atoms with van der Waals surface area (Å²) in [6, 6.07) is 8.93. The molecule has 9 heteroatoms. The van der Waals surface area contributed by atoms with Crippen LogP contribution in [0.3, 0.4) is 0 Å². The van der Waals surface area contributed by atoms with E-state index in [1.165, 1.54) is 0 Å². The fourth-order valence-corrected chi connectivity index (χ4v) is 4.70. The molecule has 34 heavy (non-hydrogen) atoms. The Hall–Kier alpha value is -3.46. The topological polar surface area (TPSA) is 108 Å². The number of carbonyl (C=O) groups is 4. The molecule has 0 saturated carbocycles. The molecule has 2 rings (SSSR count). The highest BCUT2D eigenvalue weighted by Crippen LogP contribution is 2.53. The second kappa shape index (κ2) is 11.1. The molecule has 0 aromatic heterocycles. The number of ether oxygens (including phenoxy) is 4. The van der Waals surface area contributed by atoms with Crippen molar-refractivity contribution in [3.63, 3.8) is 0 Å². The molecule has 0 aliphatic carbocycles. The average molecular weight is 474 g/mol. The Labute approximate surface area is 199 Å². The lowest BCUT2D eigenvalue weighted by atomic mass is 9.61. The SMILES string of the molecule is C=CC1(c2ccccc2)CCN(C)C1(C(=O)OCC)/C(C(=O)OC)=C(/C(=O)OC)C(=O)OCC. The van der Waals surface area contributed by atoms with Crippen molar-refractivity contribution in [3.05, 3.63) is 59.7 Å². The number of nitrogens with zero attached hydrogens (tertiary/aromatic N) is 1. The number of methoxy groups -OCH3 is 2. The Kier molecular flexibility index (Phi) is 8.75. The molecule has 2 atom stereocenters. The number of likely N-dealkylation sites (N-methyl/N-ethyl adjacent to an activating group) is 1. The minimum Gasteiger partial charge on any atom is -0.466 e. The van der Waals surface area contributed by atoms with Crippen LogP contribution in [0, 0.1) is 0 Å². The van der Waals surface area contributed by atoms with E-state index in [0.717, 1.165) is 14.2 Å².